The van der Waals surface area contributed by atoms with Crippen molar-refractivity contribution in [3.05, 3.63) is 0 Å². The maximum atomic E-state index is 12.1. The van der Waals surface area contributed by atoms with Crippen molar-refractivity contribution < 1.29 is 19.4 Å². The molecule has 0 unspecified atom stereocenters. The third-order valence-electron chi connectivity index (χ3n) is 5.21. The van der Waals surface area contributed by atoms with Gasteiger partial charge in [0.05, 0.1) is 11.5 Å². The van der Waals surface area contributed by atoms with E-state index in [1.54, 1.807) is 20.8 Å². The second-order valence-corrected chi connectivity index (χ2v) is 8.35. The fraction of sp³-hybridized carbons (Fsp3) is 0.875. The Morgan fingerprint density at radius 2 is 1.81 bits per heavy atom. The number of nitrogens with one attached hydrogen (secondary N) is 1. The monoisotopic (exact) mass is 297 g/mol. The van der Waals surface area contributed by atoms with Gasteiger partial charge >= 0.3 is 12.1 Å². The highest BCUT2D eigenvalue weighted by Gasteiger charge is 2.68. The summed E-state index contributed by atoms with van der Waals surface area (Å²) in [6.45, 7) is 11.5. The zero-order valence-corrected chi connectivity index (χ0v) is 13.8. The van der Waals surface area contributed by atoms with E-state index in [4.69, 9.17) is 4.74 Å². The highest BCUT2D eigenvalue weighted by atomic mass is 16.6. The molecule has 2 saturated carbocycles. The number of carboxylic acid groups (broad SMARTS) is 1. The van der Waals surface area contributed by atoms with Gasteiger partial charge < -0.3 is 15.2 Å². The van der Waals surface area contributed by atoms with E-state index < -0.39 is 29.1 Å². The van der Waals surface area contributed by atoms with Gasteiger partial charge in [0, 0.05) is 0 Å². The lowest BCUT2D eigenvalue weighted by Crippen LogP contribution is -2.57. The van der Waals surface area contributed by atoms with Crippen LogP contribution in [-0.2, 0) is 9.53 Å². The van der Waals surface area contributed by atoms with Gasteiger partial charge in [-0.1, -0.05) is 13.8 Å². The largest absolute Gasteiger partial charge is 0.481 e. The van der Waals surface area contributed by atoms with Crippen molar-refractivity contribution in [1.29, 1.82) is 0 Å². The molecule has 120 valence electrons. The molecule has 1 amide bonds. The Bertz CT molecular complexity index is 465. The Labute approximate surface area is 126 Å². The topological polar surface area (TPSA) is 75.6 Å². The normalized spacial score (nSPS) is 37.3. The van der Waals surface area contributed by atoms with E-state index in [-0.39, 0.29) is 11.3 Å². The number of amides is 1. The highest BCUT2D eigenvalue weighted by molar-refractivity contribution is 5.76. The van der Waals surface area contributed by atoms with Crippen LogP contribution >= 0.6 is 0 Å². The Hall–Kier alpha value is -1.26. The number of hydrogen-bond acceptors (Lipinski definition) is 3. The standard InChI is InChI=1S/C16H27NO4/c1-14(2,3)21-13(20)17-16(6)8-7-9-10(15(9,4)5)11(16)12(18)19/h9-11H,7-8H2,1-6H3,(H,17,20)(H,18,19)/t9-,10-,11-,16-/m1/s1. The van der Waals surface area contributed by atoms with Crippen LogP contribution in [0.15, 0.2) is 0 Å². The molecule has 2 N–H and O–H groups in total. The molecule has 4 atom stereocenters. The highest BCUT2D eigenvalue weighted by Crippen LogP contribution is 2.68. The molecule has 0 spiro atoms. The lowest BCUT2D eigenvalue weighted by atomic mass is 9.73. The van der Waals surface area contributed by atoms with Crippen LogP contribution in [0.3, 0.4) is 0 Å². The molecule has 2 rings (SSSR count). The Morgan fingerprint density at radius 3 is 2.29 bits per heavy atom. The minimum atomic E-state index is -0.825. The maximum Gasteiger partial charge on any atom is 0.408 e. The Kier molecular flexibility index (Phi) is 3.54. The number of rotatable bonds is 2. The number of aliphatic carboxylic acids is 1. The average Bonchev–Trinajstić information content (AvgIpc) is 2.76. The van der Waals surface area contributed by atoms with Crippen LogP contribution in [0.4, 0.5) is 4.79 Å². The van der Waals surface area contributed by atoms with Gasteiger partial charge in [-0.25, -0.2) is 4.79 Å². The van der Waals surface area contributed by atoms with Crippen LogP contribution in [-0.4, -0.2) is 28.3 Å². The smallest absolute Gasteiger partial charge is 0.408 e. The number of carbonyl (C=O) groups is 2. The molecule has 0 saturated heterocycles. The summed E-state index contributed by atoms with van der Waals surface area (Å²) in [5.74, 6) is -0.802. The number of carbonyl (C=O) groups excluding carboxylic acids is 1. The van der Waals surface area contributed by atoms with E-state index in [0.717, 1.165) is 6.42 Å². The molecule has 2 aliphatic carbocycles. The zero-order valence-electron chi connectivity index (χ0n) is 13.8. The summed E-state index contributed by atoms with van der Waals surface area (Å²) < 4.78 is 5.29. The third kappa shape index (κ3) is 2.87. The molecule has 0 aromatic rings. The van der Waals surface area contributed by atoms with E-state index in [2.05, 4.69) is 19.2 Å². The third-order valence-corrected chi connectivity index (χ3v) is 5.21. The Morgan fingerprint density at radius 1 is 1.24 bits per heavy atom. The van der Waals surface area contributed by atoms with Gasteiger partial charge in [0.2, 0.25) is 0 Å². The first kappa shape index (κ1) is 16.1. The van der Waals surface area contributed by atoms with Crippen molar-refractivity contribution in [1.82, 2.24) is 5.32 Å². The number of fused-ring (bicyclic) bond motifs is 1. The summed E-state index contributed by atoms with van der Waals surface area (Å²) in [4.78, 5) is 23.8. The molecule has 2 fully saturated rings. The number of carboxylic acids is 1. The van der Waals surface area contributed by atoms with E-state index in [9.17, 15) is 14.7 Å². The van der Waals surface area contributed by atoms with Gasteiger partial charge in [-0.15, -0.1) is 0 Å². The quantitative estimate of drug-likeness (QED) is 0.821. The van der Waals surface area contributed by atoms with Crippen LogP contribution in [0.25, 0.3) is 0 Å². The molecular formula is C16H27NO4. The second kappa shape index (κ2) is 4.62. The SMILES string of the molecule is CC(C)(C)OC(=O)N[C@]1(C)CC[C@@H]2[C@H]([C@@H]1C(=O)O)C2(C)C. The van der Waals surface area contributed by atoms with Crippen molar-refractivity contribution in [2.45, 2.75) is 65.5 Å². The molecule has 0 aliphatic heterocycles. The Balaban J connectivity index is 2.16. The lowest BCUT2D eigenvalue weighted by molar-refractivity contribution is -0.147. The molecule has 2 aliphatic rings. The summed E-state index contributed by atoms with van der Waals surface area (Å²) in [7, 11) is 0. The first-order valence-corrected chi connectivity index (χ1v) is 7.62. The van der Waals surface area contributed by atoms with Crippen LogP contribution in [0, 0.1) is 23.2 Å². The van der Waals surface area contributed by atoms with Gasteiger partial charge in [0.1, 0.15) is 5.60 Å². The van der Waals surface area contributed by atoms with Gasteiger partial charge in [0.15, 0.2) is 0 Å². The number of ether oxygens (including phenoxy) is 1. The van der Waals surface area contributed by atoms with Crippen LogP contribution in [0.2, 0.25) is 0 Å². The average molecular weight is 297 g/mol. The lowest BCUT2D eigenvalue weighted by Gasteiger charge is -2.40. The summed E-state index contributed by atoms with van der Waals surface area (Å²) in [5.41, 5.74) is -1.28. The summed E-state index contributed by atoms with van der Waals surface area (Å²) in [6.07, 6.45) is 1.09. The van der Waals surface area contributed by atoms with Crippen LogP contribution in [0.1, 0.15) is 54.4 Å². The van der Waals surface area contributed by atoms with E-state index in [1.807, 2.05) is 6.92 Å². The molecule has 21 heavy (non-hydrogen) atoms. The van der Waals surface area contributed by atoms with Gasteiger partial charge in [-0.2, -0.15) is 0 Å². The van der Waals surface area contributed by atoms with Gasteiger partial charge in [0.25, 0.3) is 0 Å². The first-order chi connectivity index (χ1) is 9.38. The van der Waals surface area contributed by atoms with Crippen molar-refractivity contribution >= 4 is 12.1 Å². The molecule has 0 radical (unpaired) electrons. The van der Waals surface area contributed by atoms with Crippen LogP contribution in [0.5, 0.6) is 0 Å². The van der Waals surface area contributed by atoms with E-state index >= 15 is 0 Å². The molecule has 0 aromatic carbocycles. The fourth-order valence-electron chi connectivity index (χ4n) is 4.11. The zero-order chi connectivity index (χ0) is 16.2. The molecule has 5 nitrogen and oxygen atoms in total. The molecule has 5 heteroatoms. The minimum absolute atomic E-state index is 0.0520. The van der Waals surface area contributed by atoms with Gasteiger partial charge in [-0.3, -0.25) is 4.79 Å². The maximum absolute atomic E-state index is 12.1. The molecule has 0 heterocycles. The second-order valence-electron chi connectivity index (χ2n) is 8.35. The van der Waals surface area contributed by atoms with Crippen LogP contribution < -0.4 is 5.32 Å². The van der Waals surface area contributed by atoms with Crippen molar-refractivity contribution in [2.75, 3.05) is 0 Å². The van der Waals surface area contributed by atoms with Crippen molar-refractivity contribution in [3.63, 3.8) is 0 Å². The molecule has 0 bridgehead atoms. The molecular weight excluding hydrogens is 270 g/mol. The fourth-order valence-corrected chi connectivity index (χ4v) is 4.11. The first-order valence-electron chi connectivity index (χ1n) is 7.62. The summed E-state index contributed by atoms with van der Waals surface area (Å²) >= 11 is 0. The van der Waals surface area contributed by atoms with E-state index in [1.165, 1.54) is 0 Å². The van der Waals surface area contributed by atoms with E-state index in [0.29, 0.717) is 12.3 Å². The van der Waals surface area contributed by atoms with Gasteiger partial charge in [-0.05, 0) is 57.8 Å². The number of alkyl carbamates (subject to hydrolysis) is 1. The predicted molar refractivity (Wildman–Crippen MR) is 78.9 cm³/mol. The number of hydrogen-bond donors (Lipinski definition) is 2. The summed E-state index contributed by atoms with van der Waals surface area (Å²) in [5, 5.41) is 12.5. The predicted octanol–water partition coefficient (Wildman–Crippen LogP) is 3.04. The minimum Gasteiger partial charge on any atom is -0.481 e. The van der Waals surface area contributed by atoms with Crippen molar-refractivity contribution in [3.8, 4) is 0 Å². The summed E-state index contributed by atoms with van der Waals surface area (Å²) in [6, 6.07) is 0. The van der Waals surface area contributed by atoms with Crippen molar-refractivity contribution in [2.24, 2.45) is 23.2 Å². The molecule has 0 aromatic heterocycles.